The van der Waals surface area contributed by atoms with E-state index < -0.39 is 0 Å². The third-order valence-corrected chi connectivity index (χ3v) is 2.59. The second-order valence-corrected chi connectivity index (χ2v) is 5.76. The molecule has 1 amide bonds. The largest absolute Gasteiger partial charge is 0.351 e. The van der Waals surface area contributed by atoms with Gasteiger partial charge in [0.1, 0.15) is 5.82 Å². The summed E-state index contributed by atoms with van der Waals surface area (Å²) in [5, 5.41) is 6.20. The van der Waals surface area contributed by atoms with E-state index in [1.807, 2.05) is 33.2 Å². The Hall–Kier alpha value is -1.36. The van der Waals surface area contributed by atoms with Gasteiger partial charge in [0.05, 0.1) is 6.54 Å². The number of aromatic nitrogens is 2. The topological polar surface area (TPSA) is 59.0 Å². The zero-order valence-corrected chi connectivity index (χ0v) is 12.5. The summed E-state index contributed by atoms with van der Waals surface area (Å²) >= 11 is 0. The highest BCUT2D eigenvalue weighted by atomic mass is 16.1. The fraction of sp³-hybridized carbons (Fsp3) is 0.714. The lowest BCUT2D eigenvalue weighted by Crippen LogP contribution is -2.41. The minimum Gasteiger partial charge on any atom is -0.351 e. The molecular formula is C14H26N4O. The average Bonchev–Trinajstić information content (AvgIpc) is 2.70. The first-order valence-corrected chi connectivity index (χ1v) is 6.94. The Balaban J connectivity index is 2.23. The van der Waals surface area contributed by atoms with Crippen LogP contribution in [0.2, 0.25) is 0 Å². The molecule has 1 rings (SSSR count). The predicted octanol–water partition coefficient (Wildman–Crippen LogP) is 1.69. The van der Waals surface area contributed by atoms with E-state index in [4.69, 9.17) is 0 Å². The summed E-state index contributed by atoms with van der Waals surface area (Å²) in [4.78, 5) is 15.9. The molecular weight excluding hydrogens is 240 g/mol. The SMILES string of the molecule is CCCn1ccnc1CNCCC(=O)NC(C)(C)C. The van der Waals surface area contributed by atoms with Gasteiger partial charge >= 0.3 is 0 Å². The molecule has 0 unspecified atom stereocenters. The predicted molar refractivity (Wildman–Crippen MR) is 76.7 cm³/mol. The molecule has 0 saturated carbocycles. The highest BCUT2D eigenvalue weighted by Gasteiger charge is 2.12. The van der Waals surface area contributed by atoms with Crippen molar-refractivity contribution in [3.05, 3.63) is 18.2 Å². The molecule has 5 nitrogen and oxygen atoms in total. The molecule has 0 aliphatic heterocycles. The summed E-state index contributed by atoms with van der Waals surface area (Å²) in [6.45, 7) is 10.5. The van der Waals surface area contributed by atoms with E-state index in [0.29, 0.717) is 19.5 Å². The normalized spacial score (nSPS) is 11.6. The number of hydrogen-bond acceptors (Lipinski definition) is 3. The second kappa shape index (κ2) is 7.28. The Morgan fingerprint density at radius 2 is 2.16 bits per heavy atom. The van der Waals surface area contributed by atoms with Gasteiger partial charge in [0, 0.05) is 37.4 Å². The van der Waals surface area contributed by atoms with Gasteiger partial charge < -0.3 is 15.2 Å². The number of nitrogens with zero attached hydrogens (tertiary/aromatic N) is 2. The van der Waals surface area contributed by atoms with Crippen LogP contribution in [0.4, 0.5) is 0 Å². The van der Waals surface area contributed by atoms with Gasteiger partial charge in [0.25, 0.3) is 0 Å². The van der Waals surface area contributed by atoms with Crippen LogP contribution in [0.3, 0.4) is 0 Å². The van der Waals surface area contributed by atoms with Crippen molar-refractivity contribution in [1.29, 1.82) is 0 Å². The molecule has 0 fully saturated rings. The van der Waals surface area contributed by atoms with Crippen molar-refractivity contribution in [3.8, 4) is 0 Å². The zero-order valence-electron chi connectivity index (χ0n) is 12.5. The van der Waals surface area contributed by atoms with E-state index in [0.717, 1.165) is 18.8 Å². The maximum absolute atomic E-state index is 11.6. The molecule has 1 aromatic rings. The maximum Gasteiger partial charge on any atom is 0.221 e. The number of nitrogens with one attached hydrogen (secondary N) is 2. The Bertz CT molecular complexity index is 392. The van der Waals surface area contributed by atoms with E-state index in [-0.39, 0.29) is 11.4 Å². The number of carbonyl (C=O) groups excluding carboxylic acids is 1. The molecule has 0 aliphatic rings. The first-order valence-electron chi connectivity index (χ1n) is 6.94. The molecule has 5 heteroatoms. The third kappa shape index (κ3) is 6.38. The minimum absolute atomic E-state index is 0.0805. The van der Waals surface area contributed by atoms with Crippen LogP contribution in [-0.4, -0.2) is 27.5 Å². The van der Waals surface area contributed by atoms with Crippen LogP contribution in [0, 0.1) is 0 Å². The second-order valence-electron chi connectivity index (χ2n) is 5.76. The van der Waals surface area contributed by atoms with E-state index in [1.54, 1.807) is 0 Å². The number of carbonyl (C=O) groups is 1. The van der Waals surface area contributed by atoms with Crippen LogP contribution >= 0.6 is 0 Å². The highest BCUT2D eigenvalue weighted by Crippen LogP contribution is 2.00. The summed E-state index contributed by atoms with van der Waals surface area (Å²) in [5.41, 5.74) is -0.158. The summed E-state index contributed by atoms with van der Waals surface area (Å²) in [7, 11) is 0. The van der Waals surface area contributed by atoms with E-state index in [2.05, 4.69) is 27.1 Å². The Labute approximate surface area is 115 Å². The first kappa shape index (κ1) is 15.7. The monoisotopic (exact) mass is 266 g/mol. The number of hydrogen-bond donors (Lipinski definition) is 2. The fourth-order valence-electron chi connectivity index (χ4n) is 1.83. The molecule has 0 radical (unpaired) electrons. The summed E-state index contributed by atoms with van der Waals surface area (Å²) < 4.78 is 2.14. The molecule has 0 bridgehead atoms. The Kier molecular flexibility index (Phi) is 6.02. The molecule has 0 saturated heterocycles. The first-order chi connectivity index (χ1) is 8.92. The van der Waals surface area contributed by atoms with Crippen LogP contribution in [0.1, 0.15) is 46.4 Å². The lowest BCUT2D eigenvalue weighted by atomic mass is 10.1. The molecule has 1 aromatic heterocycles. The van der Waals surface area contributed by atoms with Gasteiger partial charge in [-0.3, -0.25) is 4.79 Å². The number of aryl methyl sites for hydroxylation is 1. The Morgan fingerprint density at radius 3 is 2.79 bits per heavy atom. The van der Waals surface area contributed by atoms with E-state index in [9.17, 15) is 4.79 Å². The standard InChI is InChI=1S/C14H26N4O/c1-5-9-18-10-8-16-12(18)11-15-7-6-13(19)17-14(2,3)4/h8,10,15H,5-7,9,11H2,1-4H3,(H,17,19). The molecule has 0 spiro atoms. The van der Waals surface area contributed by atoms with Gasteiger partial charge in [-0.25, -0.2) is 4.98 Å². The summed E-state index contributed by atoms with van der Waals surface area (Å²) in [5.74, 6) is 1.11. The van der Waals surface area contributed by atoms with E-state index in [1.165, 1.54) is 0 Å². The molecule has 19 heavy (non-hydrogen) atoms. The fourth-order valence-corrected chi connectivity index (χ4v) is 1.83. The molecule has 2 N–H and O–H groups in total. The van der Waals surface area contributed by atoms with Crippen LogP contribution in [0.5, 0.6) is 0 Å². The molecule has 108 valence electrons. The van der Waals surface area contributed by atoms with Crippen LogP contribution in [0.15, 0.2) is 12.4 Å². The van der Waals surface area contributed by atoms with Crippen molar-refractivity contribution in [1.82, 2.24) is 20.2 Å². The van der Waals surface area contributed by atoms with Crippen molar-refractivity contribution in [3.63, 3.8) is 0 Å². The highest BCUT2D eigenvalue weighted by molar-refractivity contribution is 5.76. The van der Waals surface area contributed by atoms with Gasteiger partial charge in [0.15, 0.2) is 0 Å². The van der Waals surface area contributed by atoms with Gasteiger partial charge in [-0.1, -0.05) is 6.92 Å². The molecule has 1 heterocycles. The van der Waals surface area contributed by atoms with Crippen molar-refractivity contribution < 1.29 is 4.79 Å². The van der Waals surface area contributed by atoms with Crippen LogP contribution in [-0.2, 0) is 17.9 Å². The van der Waals surface area contributed by atoms with Crippen molar-refractivity contribution in [2.45, 2.75) is 59.2 Å². The van der Waals surface area contributed by atoms with E-state index >= 15 is 0 Å². The Morgan fingerprint density at radius 1 is 1.42 bits per heavy atom. The van der Waals surface area contributed by atoms with Crippen molar-refractivity contribution in [2.75, 3.05) is 6.54 Å². The molecule has 0 atom stereocenters. The quantitative estimate of drug-likeness (QED) is 0.738. The smallest absolute Gasteiger partial charge is 0.221 e. The van der Waals surface area contributed by atoms with Crippen molar-refractivity contribution >= 4 is 5.91 Å². The molecule has 0 aromatic carbocycles. The van der Waals surface area contributed by atoms with Crippen LogP contribution < -0.4 is 10.6 Å². The lowest BCUT2D eigenvalue weighted by Gasteiger charge is -2.20. The van der Waals surface area contributed by atoms with Gasteiger partial charge in [0.2, 0.25) is 5.91 Å². The maximum atomic E-state index is 11.6. The summed E-state index contributed by atoms with van der Waals surface area (Å²) in [6.07, 6.45) is 5.40. The lowest BCUT2D eigenvalue weighted by molar-refractivity contribution is -0.122. The van der Waals surface area contributed by atoms with Gasteiger partial charge in [-0.05, 0) is 27.2 Å². The minimum atomic E-state index is -0.158. The van der Waals surface area contributed by atoms with Gasteiger partial charge in [-0.2, -0.15) is 0 Å². The third-order valence-electron chi connectivity index (χ3n) is 2.59. The van der Waals surface area contributed by atoms with Crippen LogP contribution in [0.25, 0.3) is 0 Å². The molecule has 0 aliphatic carbocycles. The number of amides is 1. The average molecular weight is 266 g/mol. The summed E-state index contributed by atoms with van der Waals surface area (Å²) in [6, 6.07) is 0. The van der Waals surface area contributed by atoms with Gasteiger partial charge in [-0.15, -0.1) is 0 Å². The number of rotatable bonds is 7. The zero-order chi connectivity index (χ0) is 14.3. The van der Waals surface area contributed by atoms with Crippen molar-refractivity contribution in [2.24, 2.45) is 0 Å². The number of imidazole rings is 1.